The van der Waals surface area contributed by atoms with Gasteiger partial charge in [-0.1, -0.05) is 42.5 Å². The van der Waals surface area contributed by atoms with Gasteiger partial charge in [-0.2, -0.15) is 0 Å². The zero-order valence-corrected chi connectivity index (χ0v) is 29.7. The number of halogens is 2. The molecule has 2 aliphatic carbocycles. The quantitative estimate of drug-likeness (QED) is 0.0985. The van der Waals surface area contributed by atoms with Crippen LogP contribution in [-0.2, 0) is 17.1 Å². The van der Waals surface area contributed by atoms with Crippen molar-refractivity contribution in [3.8, 4) is 28.6 Å². The van der Waals surface area contributed by atoms with Crippen LogP contribution in [0.4, 0.5) is 14.5 Å². The van der Waals surface area contributed by atoms with Crippen LogP contribution in [-0.4, -0.2) is 47.1 Å². The van der Waals surface area contributed by atoms with Gasteiger partial charge in [-0.15, -0.1) is 4.68 Å². The van der Waals surface area contributed by atoms with Crippen LogP contribution in [0.15, 0.2) is 96.2 Å². The molecule has 3 aliphatic rings. The van der Waals surface area contributed by atoms with Crippen LogP contribution in [0, 0.1) is 11.6 Å². The van der Waals surface area contributed by atoms with Crippen LogP contribution in [0.25, 0.3) is 11.4 Å². The van der Waals surface area contributed by atoms with Gasteiger partial charge in [-0.25, -0.2) is 13.3 Å². The summed E-state index contributed by atoms with van der Waals surface area (Å²) in [5.74, 6) is 2.70. The fraction of sp³-hybridized carbons (Fsp3) is 0.325. The molecule has 2 heterocycles. The predicted octanol–water partition coefficient (Wildman–Crippen LogP) is 7.71. The second-order valence-corrected chi connectivity index (χ2v) is 14.4. The number of aromatic nitrogens is 3. The second kappa shape index (κ2) is 15.0. The summed E-state index contributed by atoms with van der Waals surface area (Å²) in [7, 11) is 1.68. The maximum absolute atomic E-state index is 15.7. The van der Waals surface area contributed by atoms with Crippen molar-refractivity contribution in [3.05, 3.63) is 114 Å². The Hall–Kier alpha value is -4.94. The van der Waals surface area contributed by atoms with Gasteiger partial charge in [0.05, 0.1) is 30.4 Å². The molecular formula is C40H40F2N5O4S+. The van der Waals surface area contributed by atoms with Gasteiger partial charge in [0, 0.05) is 36.0 Å². The van der Waals surface area contributed by atoms with Gasteiger partial charge in [-0.3, -0.25) is 9.69 Å². The molecule has 0 spiro atoms. The molecule has 0 radical (unpaired) electrons. The van der Waals surface area contributed by atoms with E-state index in [1.54, 1.807) is 37.1 Å². The number of fused-ring (bicyclic) bond motifs is 1. The summed E-state index contributed by atoms with van der Waals surface area (Å²) in [6.07, 6.45) is 4.35. The lowest BCUT2D eigenvalue weighted by Gasteiger charge is -2.28. The second-order valence-electron chi connectivity index (χ2n) is 13.5. The van der Waals surface area contributed by atoms with E-state index in [2.05, 4.69) is 20.9 Å². The lowest BCUT2D eigenvalue weighted by atomic mass is 10.1. The summed E-state index contributed by atoms with van der Waals surface area (Å²) < 4.78 is 50.7. The lowest BCUT2D eigenvalue weighted by Crippen LogP contribution is -2.39. The Labute approximate surface area is 305 Å². The van der Waals surface area contributed by atoms with Gasteiger partial charge in [0.1, 0.15) is 23.4 Å². The Morgan fingerprint density at radius 1 is 0.981 bits per heavy atom. The van der Waals surface area contributed by atoms with Crippen LogP contribution in [0.3, 0.4) is 0 Å². The number of methoxy groups -OCH3 is 1. The molecule has 8 rings (SSSR count). The molecular weight excluding hydrogens is 685 g/mol. The number of hydrogen-bond acceptors (Lipinski definition) is 7. The summed E-state index contributed by atoms with van der Waals surface area (Å²) in [5.41, 5.74) is 2.99. The number of ether oxygens (including phenoxy) is 3. The highest BCUT2D eigenvalue weighted by molar-refractivity contribution is 7.98. The Kier molecular flexibility index (Phi) is 9.83. The fourth-order valence-electron chi connectivity index (χ4n) is 7.29. The highest BCUT2D eigenvalue weighted by Crippen LogP contribution is 2.41. The van der Waals surface area contributed by atoms with Gasteiger partial charge in [-0.05, 0) is 91.5 Å². The average Bonchev–Trinajstić information content (AvgIpc) is 3.50. The minimum atomic E-state index is -0.414. The monoisotopic (exact) mass is 724 g/mol. The standard InChI is InChI=1S/C40H39F2N5O4S/c1-49-35-12-5-2-7-27(35)24-52-40-44-47(39(46(40)30-14-15-30)33-10-3-4-11-34(33)42)32-17-16-31(21-32)45(22-26-13-18-36-37(19-26)51-25-50-36)23-38(48)43-29-9-6-8-28(41)20-29/h2-13,18-20,30-32H,14-17,21-25H2,1H3/p+1. The van der Waals surface area contributed by atoms with Crippen molar-refractivity contribution in [1.29, 1.82) is 0 Å². The number of nitrogens with zero attached hydrogens (tertiary/aromatic N) is 4. The van der Waals surface area contributed by atoms with Gasteiger partial charge in [0.2, 0.25) is 12.7 Å². The van der Waals surface area contributed by atoms with E-state index in [1.807, 2.05) is 53.2 Å². The Balaban J connectivity index is 1.10. The number of rotatable bonds is 13. The molecule has 1 aromatic heterocycles. The zero-order valence-electron chi connectivity index (χ0n) is 28.8. The van der Waals surface area contributed by atoms with Gasteiger partial charge >= 0.3 is 5.16 Å². The van der Waals surface area contributed by atoms with E-state index in [4.69, 9.17) is 19.3 Å². The lowest BCUT2D eigenvalue weighted by molar-refractivity contribution is -0.726. The third-order valence-electron chi connectivity index (χ3n) is 9.94. The van der Waals surface area contributed by atoms with Crippen LogP contribution in [0.2, 0.25) is 0 Å². The van der Waals surface area contributed by atoms with Gasteiger partial charge in [0.15, 0.2) is 11.5 Å². The molecule has 268 valence electrons. The number of amides is 1. The topological polar surface area (TPSA) is 81.7 Å². The highest BCUT2D eigenvalue weighted by Gasteiger charge is 2.43. The molecule has 1 N–H and O–H groups in total. The molecule has 1 aliphatic heterocycles. The van der Waals surface area contributed by atoms with E-state index in [0.29, 0.717) is 41.5 Å². The first-order chi connectivity index (χ1) is 25.4. The molecule has 2 atom stereocenters. The molecule has 12 heteroatoms. The largest absolute Gasteiger partial charge is 0.496 e. The van der Waals surface area contributed by atoms with E-state index in [-0.39, 0.29) is 43.2 Å². The number of benzene rings is 4. The molecule has 1 amide bonds. The minimum Gasteiger partial charge on any atom is -0.496 e. The zero-order chi connectivity index (χ0) is 35.6. The minimum absolute atomic E-state index is 0.0189. The molecule has 2 saturated carbocycles. The SMILES string of the molecule is COc1ccccc1CSc1nn(C2CCC(N(CC(=O)Nc3cccc(F)c3)Cc3ccc4c(c3)OCO4)C2)c(-c2ccccc2F)[n+]1C1CC1. The van der Waals surface area contributed by atoms with E-state index in [1.165, 1.54) is 18.2 Å². The van der Waals surface area contributed by atoms with Gasteiger partial charge in [0.25, 0.3) is 5.82 Å². The van der Waals surface area contributed by atoms with Crippen molar-refractivity contribution in [2.24, 2.45) is 0 Å². The van der Waals surface area contributed by atoms with Crippen LogP contribution < -0.4 is 24.1 Å². The predicted molar refractivity (Wildman–Crippen MR) is 193 cm³/mol. The first kappa shape index (κ1) is 34.2. The van der Waals surface area contributed by atoms with E-state index in [0.717, 1.165) is 53.5 Å². The van der Waals surface area contributed by atoms with Crippen molar-refractivity contribution in [1.82, 2.24) is 14.7 Å². The molecule has 52 heavy (non-hydrogen) atoms. The first-order valence-corrected chi connectivity index (χ1v) is 18.6. The maximum Gasteiger partial charge on any atom is 0.337 e. The van der Waals surface area contributed by atoms with Gasteiger partial charge < -0.3 is 19.5 Å². The third-order valence-corrected chi connectivity index (χ3v) is 10.9. The highest BCUT2D eigenvalue weighted by atomic mass is 32.2. The summed E-state index contributed by atoms with van der Waals surface area (Å²) in [4.78, 5) is 15.6. The van der Waals surface area contributed by atoms with Crippen LogP contribution >= 0.6 is 11.8 Å². The van der Waals surface area contributed by atoms with Crippen molar-refractivity contribution in [2.45, 2.75) is 67.7 Å². The number of nitrogens with one attached hydrogen (secondary N) is 1. The number of carbonyl (C=O) groups excluding carboxylic acids is 1. The van der Waals surface area contributed by atoms with Crippen molar-refractivity contribution in [3.63, 3.8) is 0 Å². The van der Waals surface area contributed by atoms with Crippen molar-refractivity contribution < 1.29 is 32.4 Å². The average molecular weight is 725 g/mol. The molecule has 0 saturated heterocycles. The third kappa shape index (κ3) is 7.35. The molecule has 5 aromatic rings. The summed E-state index contributed by atoms with van der Waals surface area (Å²) in [6.45, 7) is 0.771. The van der Waals surface area contributed by atoms with E-state index >= 15 is 4.39 Å². The summed E-state index contributed by atoms with van der Waals surface area (Å²) >= 11 is 1.64. The number of para-hydroxylation sites is 1. The van der Waals surface area contributed by atoms with Crippen molar-refractivity contribution in [2.75, 3.05) is 25.8 Å². The molecule has 9 nitrogen and oxygen atoms in total. The summed E-state index contributed by atoms with van der Waals surface area (Å²) in [6, 6.07) is 26.9. The van der Waals surface area contributed by atoms with E-state index in [9.17, 15) is 9.18 Å². The Morgan fingerprint density at radius 2 is 1.81 bits per heavy atom. The normalized spacial score (nSPS) is 17.8. The number of thioether (sulfide) groups is 1. The van der Waals surface area contributed by atoms with Crippen LogP contribution in [0.5, 0.6) is 17.2 Å². The molecule has 2 unspecified atom stereocenters. The molecule has 2 fully saturated rings. The fourth-order valence-corrected chi connectivity index (χ4v) is 8.33. The summed E-state index contributed by atoms with van der Waals surface area (Å²) in [5, 5.41) is 8.97. The number of hydrogen-bond donors (Lipinski definition) is 1. The maximum atomic E-state index is 15.7. The number of anilines is 1. The Bertz CT molecular complexity index is 2090. The smallest absolute Gasteiger partial charge is 0.337 e. The Morgan fingerprint density at radius 3 is 2.63 bits per heavy atom. The van der Waals surface area contributed by atoms with Crippen molar-refractivity contribution >= 4 is 23.4 Å². The molecule has 4 aromatic carbocycles. The van der Waals surface area contributed by atoms with Crippen LogP contribution in [0.1, 0.15) is 55.3 Å². The number of carbonyl (C=O) groups is 1. The first-order valence-electron chi connectivity index (χ1n) is 17.6. The molecule has 0 bridgehead atoms. The van der Waals surface area contributed by atoms with E-state index < -0.39 is 5.82 Å².